The fraction of sp³-hybridized carbons (Fsp3) is 0. The highest BCUT2D eigenvalue weighted by Gasteiger charge is 2.10. The first kappa shape index (κ1) is 17.0. The van der Waals surface area contributed by atoms with E-state index in [1.54, 1.807) is 12.1 Å². The standard InChI is InChI=1S/C21H14ClN3O2/c22-15-9-5-13(6-10-15)19-17-3-1-2-4-18(17)24-21(25-19)23-16-11-7-14(8-12-16)20(26)27/h1-12H,(H,26,27)(H,23,24,25). The molecule has 6 heteroatoms. The van der Waals surface area contributed by atoms with Crippen LogP contribution in [0.4, 0.5) is 11.6 Å². The van der Waals surface area contributed by atoms with Gasteiger partial charge in [-0.1, -0.05) is 41.9 Å². The predicted molar refractivity (Wildman–Crippen MR) is 107 cm³/mol. The zero-order valence-electron chi connectivity index (χ0n) is 14.1. The number of hydrogen-bond acceptors (Lipinski definition) is 4. The molecule has 0 radical (unpaired) electrons. The molecule has 0 aliphatic rings. The average Bonchev–Trinajstić information content (AvgIpc) is 2.68. The molecule has 4 rings (SSSR count). The third-order valence-electron chi connectivity index (χ3n) is 4.11. The second-order valence-electron chi connectivity index (χ2n) is 5.93. The van der Waals surface area contributed by atoms with Gasteiger partial charge < -0.3 is 10.4 Å². The van der Waals surface area contributed by atoms with Crippen molar-refractivity contribution in [2.75, 3.05) is 5.32 Å². The second kappa shape index (κ2) is 7.05. The maximum absolute atomic E-state index is 11.0. The topological polar surface area (TPSA) is 75.1 Å². The van der Waals surface area contributed by atoms with E-state index in [1.165, 1.54) is 12.1 Å². The van der Waals surface area contributed by atoms with E-state index in [2.05, 4.69) is 15.3 Å². The van der Waals surface area contributed by atoms with Gasteiger partial charge in [-0.25, -0.2) is 14.8 Å². The van der Waals surface area contributed by atoms with Gasteiger partial charge in [0.25, 0.3) is 0 Å². The quantitative estimate of drug-likeness (QED) is 0.500. The molecule has 0 spiro atoms. The number of nitrogens with one attached hydrogen (secondary N) is 1. The van der Waals surface area contributed by atoms with Crippen molar-refractivity contribution < 1.29 is 9.90 Å². The van der Waals surface area contributed by atoms with Gasteiger partial charge in [-0.3, -0.25) is 0 Å². The van der Waals surface area contributed by atoms with Gasteiger partial charge in [-0.05, 0) is 42.5 Å². The first-order valence-corrected chi connectivity index (χ1v) is 8.61. The number of para-hydroxylation sites is 1. The Kier molecular flexibility index (Phi) is 4.44. The number of hydrogen-bond donors (Lipinski definition) is 2. The van der Waals surface area contributed by atoms with Crippen LogP contribution in [0.25, 0.3) is 22.2 Å². The number of halogens is 1. The van der Waals surface area contributed by atoms with Gasteiger partial charge >= 0.3 is 5.97 Å². The lowest BCUT2D eigenvalue weighted by atomic mass is 10.1. The summed E-state index contributed by atoms with van der Waals surface area (Å²) in [7, 11) is 0. The van der Waals surface area contributed by atoms with Crippen LogP contribution in [-0.2, 0) is 0 Å². The predicted octanol–water partition coefficient (Wildman–Crippen LogP) is 5.39. The number of carboxylic acid groups (broad SMARTS) is 1. The molecule has 0 bridgehead atoms. The Bertz CT molecular complexity index is 1130. The van der Waals surface area contributed by atoms with E-state index >= 15 is 0 Å². The Morgan fingerprint density at radius 2 is 1.59 bits per heavy atom. The van der Waals surface area contributed by atoms with E-state index in [-0.39, 0.29) is 5.56 Å². The molecule has 3 aromatic carbocycles. The number of rotatable bonds is 4. The molecule has 1 aromatic heterocycles. The molecule has 2 N–H and O–H groups in total. The zero-order valence-corrected chi connectivity index (χ0v) is 14.8. The minimum absolute atomic E-state index is 0.224. The first-order valence-electron chi connectivity index (χ1n) is 8.23. The maximum atomic E-state index is 11.0. The van der Waals surface area contributed by atoms with E-state index in [9.17, 15) is 4.79 Å². The van der Waals surface area contributed by atoms with E-state index in [0.717, 1.165) is 22.2 Å². The summed E-state index contributed by atoms with van der Waals surface area (Å²) in [6.07, 6.45) is 0. The molecule has 0 fully saturated rings. The minimum atomic E-state index is -0.964. The molecular weight excluding hydrogens is 362 g/mol. The molecule has 0 aliphatic carbocycles. The van der Waals surface area contributed by atoms with Crippen LogP contribution in [0, 0.1) is 0 Å². The lowest BCUT2D eigenvalue weighted by molar-refractivity contribution is 0.0697. The van der Waals surface area contributed by atoms with Crippen molar-refractivity contribution in [1.29, 1.82) is 0 Å². The molecule has 0 saturated carbocycles. The van der Waals surface area contributed by atoms with Crippen LogP contribution in [0.3, 0.4) is 0 Å². The Balaban J connectivity index is 1.77. The Hall–Kier alpha value is -3.44. The largest absolute Gasteiger partial charge is 0.478 e. The number of carboxylic acids is 1. The molecule has 0 atom stereocenters. The summed E-state index contributed by atoms with van der Waals surface area (Å²) in [4.78, 5) is 20.2. The van der Waals surface area contributed by atoms with Crippen molar-refractivity contribution in [3.05, 3.63) is 83.4 Å². The summed E-state index contributed by atoms with van der Waals surface area (Å²) in [5, 5.41) is 13.8. The third-order valence-corrected chi connectivity index (χ3v) is 4.36. The highest BCUT2D eigenvalue weighted by atomic mass is 35.5. The van der Waals surface area contributed by atoms with E-state index in [4.69, 9.17) is 16.7 Å². The van der Waals surface area contributed by atoms with Crippen molar-refractivity contribution in [3.8, 4) is 11.3 Å². The van der Waals surface area contributed by atoms with Gasteiger partial charge in [0.05, 0.1) is 16.8 Å². The smallest absolute Gasteiger partial charge is 0.335 e. The highest BCUT2D eigenvalue weighted by Crippen LogP contribution is 2.29. The molecule has 132 valence electrons. The average molecular weight is 376 g/mol. The second-order valence-corrected chi connectivity index (χ2v) is 6.36. The molecule has 0 saturated heterocycles. The summed E-state index contributed by atoms with van der Waals surface area (Å²) in [6, 6.07) is 21.7. The van der Waals surface area contributed by atoms with Crippen molar-refractivity contribution in [1.82, 2.24) is 9.97 Å². The number of anilines is 2. The lowest BCUT2D eigenvalue weighted by Crippen LogP contribution is -2.01. The molecule has 5 nitrogen and oxygen atoms in total. The lowest BCUT2D eigenvalue weighted by Gasteiger charge is -2.11. The number of fused-ring (bicyclic) bond motifs is 1. The van der Waals surface area contributed by atoms with Crippen LogP contribution in [0.15, 0.2) is 72.8 Å². The fourth-order valence-electron chi connectivity index (χ4n) is 2.79. The molecule has 0 amide bonds. The van der Waals surface area contributed by atoms with Crippen LogP contribution >= 0.6 is 11.6 Å². The monoisotopic (exact) mass is 375 g/mol. The molecular formula is C21H14ClN3O2. The van der Waals surface area contributed by atoms with E-state index in [0.29, 0.717) is 16.7 Å². The van der Waals surface area contributed by atoms with E-state index < -0.39 is 5.97 Å². The van der Waals surface area contributed by atoms with Gasteiger partial charge in [-0.2, -0.15) is 0 Å². The first-order chi connectivity index (χ1) is 13.1. The van der Waals surface area contributed by atoms with Crippen LogP contribution < -0.4 is 5.32 Å². The highest BCUT2D eigenvalue weighted by molar-refractivity contribution is 6.30. The third kappa shape index (κ3) is 3.59. The summed E-state index contributed by atoms with van der Waals surface area (Å²) in [6.45, 7) is 0. The Labute approximate surface area is 160 Å². The van der Waals surface area contributed by atoms with Gasteiger partial charge in [0, 0.05) is 21.7 Å². The summed E-state index contributed by atoms with van der Waals surface area (Å²) in [5.74, 6) is -0.532. The summed E-state index contributed by atoms with van der Waals surface area (Å²) < 4.78 is 0. The summed E-state index contributed by atoms with van der Waals surface area (Å²) >= 11 is 6.00. The number of aromatic nitrogens is 2. The Morgan fingerprint density at radius 1 is 0.889 bits per heavy atom. The van der Waals surface area contributed by atoms with Crippen LogP contribution in [0.2, 0.25) is 5.02 Å². The van der Waals surface area contributed by atoms with Crippen LogP contribution in [0.1, 0.15) is 10.4 Å². The van der Waals surface area contributed by atoms with Crippen molar-refractivity contribution in [3.63, 3.8) is 0 Å². The maximum Gasteiger partial charge on any atom is 0.335 e. The molecule has 0 unspecified atom stereocenters. The number of carbonyl (C=O) groups is 1. The molecule has 27 heavy (non-hydrogen) atoms. The molecule has 0 aliphatic heterocycles. The van der Waals surface area contributed by atoms with Crippen LogP contribution in [-0.4, -0.2) is 21.0 Å². The van der Waals surface area contributed by atoms with Crippen molar-refractivity contribution in [2.45, 2.75) is 0 Å². The van der Waals surface area contributed by atoms with E-state index in [1.807, 2.05) is 48.5 Å². The van der Waals surface area contributed by atoms with Gasteiger partial charge in [0.1, 0.15) is 0 Å². The van der Waals surface area contributed by atoms with Gasteiger partial charge in [-0.15, -0.1) is 0 Å². The van der Waals surface area contributed by atoms with Crippen LogP contribution in [0.5, 0.6) is 0 Å². The minimum Gasteiger partial charge on any atom is -0.478 e. The van der Waals surface area contributed by atoms with Gasteiger partial charge in [0.15, 0.2) is 0 Å². The van der Waals surface area contributed by atoms with Crippen molar-refractivity contribution in [2.24, 2.45) is 0 Å². The number of nitrogens with zero attached hydrogens (tertiary/aromatic N) is 2. The van der Waals surface area contributed by atoms with Crippen molar-refractivity contribution >= 4 is 40.1 Å². The Morgan fingerprint density at radius 3 is 2.30 bits per heavy atom. The SMILES string of the molecule is O=C(O)c1ccc(Nc2nc(-c3ccc(Cl)cc3)c3ccccc3n2)cc1. The molecule has 4 aromatic rings. The number of aromatic carboxylic acids is 1. The fourth-order valence-corrected chi connectivity index (χ4v) is 2.91. The summed E-state index contributed by atoms with van der Waals surface area (Å²) in [5.41, 5.74) is 3.46. The molecule has 1 heterocycles. The zero-order chi connectivity index (χ0) is 18.8. The number of benzene rings is 3. The normalized spacial score (nSPS) is 10.7. The van der Waals surface area contributed by atoms with Gasteiger partial charge in [0.2, 0.25) is 5.95 Å².